The van der Waals surface area contributed by atoms with Gasteiger partial charge in [-0.2, -0.15) is 26.0 Å². The molecule has 0 radical (unpaired) electrons. The van der Waals surface area contributed by atoms with E-state index in [1.54, 1.807) is 57.2 Å². The van der Waals surface area contributed by atoms with Gasteiger partial charge in [0.15, 0.2) is 6.61 Å². The van der Waals surface area contributed by atoms with Crippen LogP contribution in [0.4, 0.5) is 17.6 Å². The highest BCUT2D eigenvalue weighted by atomic mass is 32.2. The Balaban J connectivity index is 1.30. The summed E-state index contributed by atoms with van der Waals surface area (Å²) in [5.74, 6) is -10.4. The zero-order chi connectivity index (χ0) is 29.8. The summed E-state index contributed by atoms with van der Waals surface area (Å²) in [6.07, 6.45) is -2.01. The predicted molar refractivity (Wildman–Crippen MR) is 135 cm³/mol. The Morgan fingerprint density at radius 2 is 1.66 bits per heavy atom. The van der Waals surface area contributed by atoms with Gasteiger partial charge in [0, 0.05) is 17.0 Å². The SMILES string of the molecule is CC(C)(C)OC(=O)COc1ccc2c(c1)-c1ccccc1C21OC2C3CC(C2O1)C(C(F)(F)C(F)(F)S(=O)(=O)O)C3. The number of ether oxygens (including phenoxy) is 4. The van der Waals surface area contributed by atoms with E-state index in [-0.39, 0.29) is 13.0 Å². The van der Waals surface area contributed by atoms with E-state index in [9.17, 15) is 30.8 Å². The first-order valence-corrected chi connectivity index (χ1v) is 14.6. The van der Waals surface area contributed by atoms with Crippen LogP contribution in [-0.4, -0.2) is 54.5 Å². The molecule has 13 heteroatoms. The van der Waals surface area contributed by atoms with Crippen LogP contribution >= 0.6 is 0 Å². The third kappa shape index (κ3) is 4.18. The number of halogens is 4. The van der Waals surface area contributed by atoms with Crippen LogP contribution in [0.1, 0.15) is 44.7 Å². The van der Waals surface area contributed by atoms with Crippen molar-refractivity contribution in [3.05, 3.63) is 53.6 Å². The molecule has 1 spiro atoms. The number of esters is 1. The van der Waals surface area contributed by atoms with Crippen molar-refractivity contribution in [2.45, 2.75) is 68.4 Å². The first-order chi connectivity index (χ1) is 19.0. The van der Waals surface area contributed by atoms with Gasteiger partial charge in [0.25, 0.3) is 0 Å². The number of fused-ring (bicyclic) bond motifs is 10. The maximum Gasteiger partial charge on any atom is 0.431 e. The Morgan fingerprint density at radius 1 is 1.00 bits per heavy atom. The molecule has 41 heavy (non-hydrogen) atoms. The molecule has 0 aromatic heterocycles. The average molecular weight is 601 g/mol. The fourth-order valence-corrected chi connectivity index (χ4v) is 7.32. The number of alkyl halides is 4. The van der Waals surface area contributed by atoms with Crippen molar-refractivity contribution >= 4 is 16.1 Å². The Bertz CT molecular complexity index is 1520. The summed E-state index contributed by atoms with van der Waals surface area (Å²) in [6, 6.07) is 12.1. The highest BCUT2D eigenvalue weighted by Crippen LogP contribution is 2.65. The fourth-order valence-electron chi connectivity index (χ4n) is 6.83. The van der Waals surface area contributed by atoms with Crippen molar-refractivity contribution in [2.24, 2.45) is 17.8 Å². The summed E-state index contributed by atoms with van der Waals surface area (Å²) in [6.45, 7) is 4.89. The quantitative estimate of drug-likeness (QED) is 0.276. The smallest absolute Gasteiger partial charge is 0.431 e. The Kier molecular flexibility index (Phi) is 6.15. The molecule has 1 N–H and O–H groups in total. The molecule has 0 amide bonds. The van der Waals surface area contributed by atoms with Gasteiger partial charge in [-0.1, -0.05) is 24.3 Å². The topological polar surface area (TPSA) is 108 Å². The lowest BCUT2D eigenvalue weighted by molar-refractivity contribution is -0.212. The van der Waals surface area contributed by atoms with Crippen LogP contribution in [0.3, 0.4) is 0 Å². The van der Waals surface area contributed by atoms with Gasteiger partial charge in [-0.3, -0.25) is 4.55 Å². The van der Waals surface area contributed by atoms with E-state index in [0.717, 1.165) is 5.56 Å². The van der Waals surface area contributed by atoms with Crippen LogP contribution in [0.2, 0.25) is 0 Å². The molecule has 2 bridgehead atoms. The molecule has 1 heterocycles. The molecule has 1 aliphatic heterocycles. The van der Waals surface area contributed by atoms with Crippen molar-refractivity contribution in [3.8, 4) is 16.9 Å². The van der Waals surface area contributed by atoms with Gasteiger partial charge in [-0.15, -0.1) is 0 Å². The zero-order valence-corrected chi connectivity index (χ0v) is 23.1. The fraction of sp³-hybridized carbons (Fsp3) is 0.536. The lowest BCUT2D eigenvalue weighted by atomic mass is 9.81. The summed E-state index contributed by atoms with van der Waals surface area (Å²) >= 11 is 0. The molecule has 3 aliphatic carbocycles. The third-order valence-corrected chi connectivity index (χ3v) is 9.25. The molecule has 222 valence electrons. The number of carbonyl (C=O) groups excluding carboxylic acids is 1. The van der Waals surface area contributed by atoms with Gasteiger partial charge in [0.2, 0.25) is 5.79 Å². The van der Waals surface area contributed by atoms with E-state index in [4.69, 9.17) is 23.5 Å². The van der Waals surface area contributed by atoms with Crippen LogP contribution in [-0.2, 0) is 34.9 Å². The molecule has 6 rings (SSSR count). The van der Waals surface area contributed by atoms with Crippen molar-refractivity contribution in [1.29, 1.82) is 0 Å². The average Bonchev–Trinajstić information content (AvgIpc) is 3.61. The van der Waals surface area contributed by atoms with Crippen LogP contribution < -0.4 is 4.74 Å². The minimum Gasteiger partial charge on any atom is -0.482 e. The molecular formula is C28H28F4O8S. The van der Waals surface area contributed by atoms with E-state index < -0.39 is 75.0 Å². The molecule has 8 nitrogen and oxygen atoms in total. The Hall–Kier alpha value is -2.74. The zero-order valence-electron chi connectivity index (χ0n) is 22.3. The summed E-state index contributed by atoms with van der Waals surface area (Å²) in [5, 5.41) is -5.65. The van der Waals surface area contributed by atoms with Gasteiger partial charge in [0.05, 0.1) is 12.2 Å². The lowest BCUT2D eigenvalue weighted by Crippen LogP contribution is -2.55. The molecule has 4 aliphatic rings. The number of hydrogen-bond acceptors (Lipinski definition) is 7. The minimum absolute atomic E-state index is 0.0964. The molecule has 2 aromatic carbocycles. The van der Waals surface area contributed by atoms with Gasteiger partial charge >= 0.3 is 27.3 Å². The maximum absolute atomic E-state index is 15.0. The second-order valence-corrected chi connectivity index (χ2v) is 13.5. The monoisotopic (exact) mass is 600 g/mol. The van der Waals surface area contributed by atoms with Crippen molar-refractivity contribution in [1.82, 2.24) is 0 Å². The van der Waals surface area contributed by atoms with Crippen LogP contribution in [0.15, 0.2) is 42.5 Å². The first kappa shape index (κ1) is 28.4. The van der Waals surface area contributed by atoms with Crippen molar-refractivity contribution < 1.29 is 54.3 Å². The highest BCUT2D eigenvalue weighted by molar-refractivity contribution is 7.87. The Labute approximate surface area is 233 Å². The van der Waals surface area contributed by atoms with E-state index in [2.05, 4.69) is 0 Å². The van der Waals surface area contributed by atoms with E-state index >= 15 is 0 Å². The van der Waals surface area contributed by atoms with E-state index in [0.29, 0.717) is 22.4 Å². The first-order valence-electron chi connectivity index (χ1n) is 13.1. The van der Waals surface area contributed by atoms with Crippen molar-refractivity contribution in [3.63, 3.8) is 0 Å². The predicted octanol–water partition coefficient (Wildman–Crippen LogP) is 5.14. The third-order valence-electron chi connectivity index (χ3n) is 8.33. The second-order valence-electron chi connectivity index (χ2n) is 12.0. The van der Waals surface area contributed by atoms with Crippen molar-refractivity contribution in [2.75, 3.05) is 6.61 Å². The highest BCUT2D eigenvalue weighted by Gasteiger charge is 2.75. The Morgan fingerprint density at radius 3 is 2.34 bits per heavy atom. The number of carbonyl (C=O) groups is 1. The van der Waals surface area contributed by atoms with E-state index in [1.807, 2.05) is 6.07 Å². The van der Waals surface area contributed by atoms with Crippen LogP contribution in [0, 0.1) is 17.8 Å². The summed E-state index contributed by atoms with van der Waals surface area (Å²) < 4.78 is 114. The number of hydrogen-bond donors (Lipinski definition) is 1. The van der Waals surface area contributed by atoms with Gasteiger partial charge in [0.1, 0.15) is 11.4 Å². The standard InChI is InChI=1S/C28H28F4O8S/c1-25(2,3)38-22(33)13-37-15-8-9-20-17(12-15)16-6-4-5-7-19(16)26(20)39-23-14-10-18(24(23)40-26)21(11-14)27(29,30)28(31,32)41(34,35)36/h4-9,12,14,18,21,23-24H,10-11,13H2,1-3H3,(H,34,35,36). The second kappa shape index (κ2) is 8.88. The molecule has 2 aromatic rings. The molecule has 6 unspecified atom stereocenters. The molecule has 1 saturated heterocycles. The van der Waals surface area contributed by atoms with Gasteiger partial charge < -0.3 is 18.9 Å². The maximum atomic E-state index is 15.0. The van der Waals surface area contributed by atoms with E-state index in [1.165, 1.54) is 0 Å². The number of rotatable bonds is 6. The summed E-state index contributed by atoms with van der Waals surface area (Å²) in [5.41, 5.74) is 1.86. The lowest BCUT2D eigenvalue weighted by Gasteiger charge is -2.36. The van der Waals surface area contributed by atoms with Crippen LogP contribution in [0.25, 0.3) is 11.1 Å². The molecular weight excluding hydrogens is 572 g/mol. The molecule has 3 fully saturated rings. The van der Waals surface area contributed by atoms with Gasteiger partial charge in [-0.05, 0) is 74.8 Å². The normalized spacial score (nSPS) is 30.3. The largest absolute Gasteiger partial charge is 0.482 e. The van der Waals surface area contributed by atoms with Gasteiger partial charge in [-0.25, -0.2) is 4.79 Å². The van der Waals surface area contributed by atoms with Crippen LogP contribution in [0.5, 0.6) is 5.75 Å². The molecule has 6 atom stereocenters. The number of benzene rings is 2. The molecule has 2 saturated carbocycles. The minimum atomic E-state index is -6.36. The summed E-state index contributed by atoms with van der Waals surface area (Å²) in [4.78, 5) is 12.1. The summed E-state index contributed by atoms with van der Waals surface area (Å²) in [7, 11) is -6.36.